The number of nitrogens with one attached hydrogen (secondary N) is 1. The number of hydrogen-bond donors (Lipinski definition) is 1. The Balaban J connectivity index is 1.39. The molecule has 0 spiro atoms. The largest absolute Gasteiger partial charge is 0.450 e. The number of carbonyl (C=O) groups excluding carboxylic acids is 3. The van der Waals surface area contributed by atoms with Gasteiger partial charge in [-0.25, -0.2) is 4.79 Å². The van der Waals surface area contributed by atoms with Crippen LogP contribution in [0.15, 0.2) is 54.7 Å². The molecule has 0 bridgehead atoms. The van der Waals surface area contributed by atoms with Crippen molar-refractivity contribution >= 4 is 28.8 Å². The maximum Gasteiger partial charge on any atom is 0.409 e. The third-order valence-electron chi connectivity index (χ3n) is 7.38. The number of carbonyl (C=O) groups is 3. The SMILES string of the molecule is CCOC(=O)N1CCC(NC(=O)C(C)N2C(=O)c3ccccc3C2c2cn(C)c3ccccc23)CC1. The average Bonchev–Trinajstić information content (AvgIpc) is 3.38. The Morgan fingerprint density at radius 3 is 2.50 bits per heavy atom. The van der Waals surface area contributed by atoms with Crippen LogP contribution in [0, 0.1) is 0 Å². The molecule has 3 heterocycles. The number of fused-ring (bicyclic) bond motifs is 2. The minimum Gasteiger partial charge on any atom is -0.450 e. The summed E-state index contributed by atoms with van der Waals surface area (Å²) in [5, 5.41) is 4.20. The van der Waals surface area contributed by atoms with Gasteiger partial charge in [-0.05, 0) is 44.4 Å². The molecule has 1 fully saturated rings. The van der Waals surface area contributed by atoms with Gasteiger partial charge in [0.05, 0.1) is 12.6 Å². The van der Waals surface area contributed by atoms with Crippen molar-refractivity contribution in [3.05, 3.63) is 71.4 Å². The van der Waals surface area contributed by atoms with E-state index < -0.39 is 6.04 Å². The summed E-state index contributed by atoms with van der Waals surface area (Å²) < 4.78 is 7.15. The van der Waals surface area contributed by atoms with Crippen molar-refractivity contribution in [3.63, 3.8) is 0 Å². The lowest BCUT2D eigenvalue weighted by molar-refractivity contribution is -0.126. The first-order valence-corrected chi connectivity index (χ1v) is 12.6. The molecule has 3 aromatic rings. The van der Waals surface area contributed by atoms with E-state index in [4.69, 9.17) is 4.74 Å². The molecule has 188 valence electrons. The van der Waals surface area contributed by atoms with Crippen molar-refractivity contribution < 1.29 is 19.1 Å². The van der Waals surface area contributed by atoms with Gasteiger partial charge in [-0.3, -0.25) is 9.59 Å². The quantitative estimate of drug-likeness (QED) is 0.591. The predicted molar refractivity (Wildman–Crippen MR) is 137 cm³/mol. The van der Waals surface area contributed by atoms with Crippen molar-refractivity contribution in [3.8, 4) is 0 Å². The molecule has 1 saturated heterocycles. The molecular formula is C28H32N4O4. The lowest BCUT2D eigenvalue weighted by atomic mass is 9.97. The summed E-state index contributed by atoms with van der Waals surface area (Å²) >= 11 is 0. The van der Waals surface area contributed by atoms with Gasteiger partial charge in [0.15, 0.2) is 0 Å². The standard InChI is InChI=1S/C28H32N4O4/c1-4-36-28(35)31-15-13-19(14-16-31)29-26(33)18(2)32-25(21-10-5-6-11-22(21)27(32)34)23-17-30(3)24-12-8-7-9-20(23)24/h5-12,17-19,25H,4,13-16H2,1-3H3,(H,29,33). The second-order valence-electron chi connectivity index (χ2n) is 9.56. The van der Waals surface area contributed by atoms with Crippen molar-refractivity contribution in [2.24, 2.45) is 7.05 Å². The number of aryl methyl sites for hydroxylation is 1. The van der Waals surface area contributed by atoms with Gasteiger partial charge in [0.25, 0.3) is 5.91 Å². The summed E-state index contributed by atoms with van der Waals surface area (Å²) in [6.07, 6.45) is 3.05. The Bertz CT molecular complexity index is 1310. The number of benzene rings is 2. The molecule has 8 nitrogen and oxygen atoms in total. The normalized spacial score (nSPS) is 18.9. The third-order valence-corrected chi connectivity index (χ3v) is 7.38. The third kappa shape index (κ3) is 4.10. The van der Waals surface area contributed by atoms with E-state index in [0.717, 1.165) is 22.0 Å². The van der Waals surface area contributed by atoms with Crippen LogP contribution in [0.3, 0.4) is 0 Å². The molecule has 2 aromatic carbocycles. The Morgan fingerprint density at radius 2 is 1.75 bits per heavy atom. The zero-order chi connectivity index (χ0) is 25.4. The van der Waals surface area contributed by atoms with Crippen molar-refractivity contribution in [2.45, 2.75) is 44.8 Å². The average molecular weight is 489 g/mol. The zero-order valence-corrected chi connectivity index (χ0v) is 20.9. The number of para-hydroxylation sites is 1. The van der Waals surface area contributed by atoms with Crippen LogP contribution in [0.25, 0.3) is 10.9 Å². The molecule has 1 N–H and O–H groups in total. The molecule has 3 amide bonds. The molecule has 2 aliphatic rings. The topological polar surface area (TPSA) is 83.9 Å². The summed E-state index contributed by atoms with van der Waals surface area (Å²) in [5.41, 5.74) is 3.64. The van der Waals surface area contributed by atoms with Crippen LogP contribution in [0.1, 0.15) is 54.2 Å². The van der Waals surface area contributed by atoms with Crippen molar-refractivity contribution in [2.75, 3.05) is 19.7 Å². The van der Waals surface area contributed by atoms with E-state index in [9.17, 15) is 14.4 Å². The van der Waals surface area contributed by atoms with Gasteiger partial charge in [0, 0.05) is 54.4 Å². The Morgan fingerprint density at radius 1 is 1.06 bits per heavy atom. The maximum atomic E-state index is 13.6. The number of ether oxygens (including phenoxy) is 1. The van der Waals surface area contributed by atoms with Crippen LogP contribution in [0.2, 0.25) is 0 Å². The highest BCUT2D eigenvalue weighted by Crippen LogP contribution is 2.42. The summed E-state index contributed by atoms with van der Waals surface area (Å²) in [5.74, 6) is -0.320. The first-order chi connectivity index (χ1) is 17.4. The van der Waals surface area contributed by atoms with Gasteiger partial charge in [-0.2, -0.15) is 0 Å². The first-order valence-electron chi connectivity index (χ1n) is 12.6. The molecule has 2 unspecified atom stereocenters. The number of amides is 3. The van der Waals surface area contributed by atoms with Gasteiger partial charge >= 0.3 is 6.09 Å². The molecular weight excluding hydrogens is 456 g/mol. The Hall–Kier alpha value is -3.81. The number of nitrogens with zero attached hydrogens (tertiary/aromatic N) is 3. The van der Waals surface area contributed by atoms with E-state index in [-0.39, 0.29) is 30.0 Å². The fourth-order valence-electron chi connectivity index (χ4n) is 5.51. The van der Waals surface area contributed by atoms with Crippen LogP contribution in [-0.4, -0.2) is 64.1 Å². The number of aromatic nitrogens is 1. The second kappa shape index (κ2) is 9.68. The highest BCUT2D eigenvalue weighted by atomic mass is 16.6. The highest BCUT2D eigenvalue weighted by Gasteiger charge is 2.43. The molecule has 0 radical (unpaired) electrons. The lowest BCUT2D eigenvalue weighted by Crippen LogP contribution is -2.52. The first kappa shape index (κ1) is 23.9. The van der Waals surface area contributed by atoms with E-state index in [2.05, 4.69) is 28.2 Å². The van der Waals surface area contributed by atoms with Gasteiger partial charge < -0.3 is 24.4 Å². The van der Waals surface area contributed by atoms with Crippen molar-refractivity contribution in [1.29, 1.82) is 0 Å². The fraction of sp³-hybridized carbons (Fsp3) is 0.393. The highest BCUT2D eigenvalue weighted by molar-refractivity contribution is 6.03. The molecule has 0 saturated carbocycles. The summed E-state index contributed by atoms with van der Waals surface area (Å²) in [6.45, 7) is 4.99. The lowest BCUT2D eigenvalue weighted by Gasteiger charge is -2.34. The Kier molecular flexibility index (Phi) is 6.43. The molecule has 5 rings (SSSR count). The van der Waals surface area contributed by atoms with Crippen LogP contribution >= 0.6 is 0 Å². The van der Waals surface area contributed by atoms with Crippen LogP contribution in [-0.2, 0) is 16.6 Å². The fourth-order valence-corrected chi connectivity index (χ4v) is 5.51. The van der Waals surface area contributed by atoms with Gasteiger partial charge in [0.2, 0.25) is 5.91 Å². The molecule has 2 aliphatic heterocycles. The van der Waals surface area contributed by atoms with Gasteiger partial charge in [-0.15, -0.1) is 0 Å². The summed E-state index contributed by atoms with van der Waals surface area (Å²) in [4.78, 5) is 42.4. The van der Waals surface area contributed by atoms with Crippen molar-refractivity contribution in [1.82, 2.24) is 19.7 Å². The minimum absolute atomic E-state index is 0.0540. The summed E-state index contributed by atoms with van der Waals surface area (Å²) in [7, 11) is 2.00. The summed E-state index contributed by atoms with van der Waals surface area (Å²) in [6, 6.07) is 14.7. The van der Waals surface area contributed by atoms with E-state index in [1.54, 1.807) is 23.6 Å². The van der Waals surface area contributed by atoms with Crippen LogP contribution in [0.4, 0.5) is 4.79 Å². The number of rotatable bonds is 5. The molecule has 36 heavy (non-hydrogen) atoms. The zero-order valence-electron chi connectivity index (χ0n) is 20.9. The van der Waals surface area contributed by atoms with Crippen LogP contribution in [0.5, 0.6) is 0 Å². The number of piperidine rings is 1. The maximum absolute atomic E-state index is 13.6. The number of likely N-dealkylation sites (tertiary alicyclic amines) is 1. The van der Waals surface area contributed by atoms with E-state index >= 15 is 0 Å². The van der Waals surface area contributed by atoms with Gasteiger partial charge in [0.1, 0.15) is 6.04 Å². The van der Waals surface area contributed by atoms with E-state index in [1.807, 2.05) is 43.4 Å². The molecule has 2 atom stereocenters. The number of hydrogen-bond acceptors (Lipinski definition) is 4. The molecule has 8 heteroatoms. The smallest absolute Gasteiger partial charge is 0.409 e. The molecule has 0 aliphatic carbocycles. The molecule has 1 aromatic heterocycles. The van der Waals surface area contributed by atoms with E-state index in [0.29, 0.717) is 38.1 Å². The van der Waals surface area contributed by atoms with E-state index in [1.165, 1.54) is 0 Å². The second-order valence-corrected chi connectivity index (χ2v) is 9.56. The Labute approximate surface area is 210 Å². The van der Waals surface area contributed by atoms with Crippen LogP contribution < -0.4 is 5.32 Å². The van der Waals surface area contributed by atoms with Gasteiger partial charge in [-0.1, -0.05) is 36.4 Å². The predicted octanol–water partition coefficient (Wildman–Crippen LogP) is 3.85. The monoisotopic (exact) mass is 488 g/mol. The minimum atomic E-state index is -0.669.